The molecule has 3 atom stereocenters. The molecule has 2 aliphatic heterocycles. The Bertz CT molecular complexity index is 1260. The molecule has 0 unspecified atom stereocenters. The number of hydroxylamine groups is 1. The lowest BCUT2D eigenvalue weighted by Crippen LogP contribution is -2.37. The van der Waals surface area contributed by atoms with Gasteiger partial charge in [-0.05, 0) is 42.3 Å². The summed E-state index contributed by atoms with van der Waals surface area (Å²) in [5.41, 5.74) is 1.49. The molecule has 0 aromatic heterocycles. The number of hydrogen-bond acceptors (Lipinski definition) is 7. The van der Waals surface area contributed by atoms with Crippen LogP contribution in [0.15, 0.2) is 78.9 Å². The third-order valence-corrected chi connectivity index (χ3v) is 6.12. The average molecular weight is 473 g/mol. The number of nitro benzene ring substituents is 1. The van der Waals surface area contributed by atoms with Gasteiger partial charge in [-0.25, -0.2) is 9.96 Å². The molecule has 2 amide bonds. The van der Waals surface area contributed by atoms with Gasteiger partial charge in [0, 0.05) is 12.1 Å². The van der Waals surface area contributed by atoms with Crippen molar-refractivity contribution in [1.82, 2.24) is 0 Å². The summed E-state index contributed by atoms with van der Waals surface area (Å²) in [6, 6.07) is 21.3. The summed E-state index contributed by atoms with van der Waals surface area (Å²) in [6.45, 7) is 2.58. The molecule has 2 fully saturated rings. The molecule has 3 aromatic rings. The van der Waals surface area contributed by atoms with Crippen molar-refractivity contribution < 1.29 is 24.1 Å². The van der Waals surface area contributed by atoms with Gasteiger partial charge in [0.25, 0.3) is 11.6 Å². The highest BCUT2D eigenvalue weighted by atomic mass is 16.7. The van der Waals surface area contributed by atoms with Crippen LogP contribution in [0.3, 0.4) is 0 Å². The molecule has 0 bridgehead atoms. The minimum atomic E-state index is -1.05. The third kappa shape index (κ3) is 4.00. The molecule has 35 heavy (non-hydrogen) atoms. The van der Waals surface area contributed by atoms with Crippen LogP contribution in [0.1, 0.15) is 24.9 Å². The molecular formula is C26H23N3O6. The molecule has 0 aliphatic carbocycles. The van der Waals surface area contributed by atoms with Crippen LogP contribution in [0.5, 0.6) is 5.75 Å². The monoisotopic (exact) mass is 473 g/mol. The van der Waals surface area contributed by atoms with E-state index in [-0.39, 0.29) is 11.6 Å². The van der Waals surface area contributed by atoms with E-state index >= 15 is 0 Å². The number of nitrogens with zero attached hydrogens (tertiary/aromatic N) is 3. The number of carbonyl (C=O) groups excluding carboxylic acids is 2. The van der Waals surface area contributed by atoms with Gasteiger partial charge in [-0.15, -0.1) is 0 Å². The van der Waals surface area contributed by atoms with Crippen LogP contribution in [0.2, 0.25) is 0 Å². The molecule has 0 spiro atoms. The predicted octanol–water partition coefficient (Wildman–Crippen LogP) is 4.43. The van der Waals surface area contributed by atoms with Gasteiger partial charge in [0.15, 0.2) is 6.10 Å². The van der Waals surface area contributed by atoms with Gasteiger partial charge in [-0.3, -0.25) is 24.5 Å². The minimum absolute atomic E-state index is 0.111. The minimum Gasteiger partial charge on any atom is -0.494 e. The molecule has 178 valence electrons. The van der Waals surface area contributed by atoms with Crippen LogP contribution in [0.4, 0.5) is 17.1 Å². The second kappa shape index (κ2) is 9.19. The van der Waals surface area contributed by atoms with Crippen LogP contribution in [-0.2, 0) is 14.4 Å². The van der Waals surface area contributed by atoms with E-state index in [9.17, 15) is 19.7 Å². The number of hydrogen-bond donors (Lipinski definition) is 0. The maximum Gasteiger partial charge on any atom is 0.271 e. The van der Waals surface area contributed by atoms with Gasteiger partial charge in [-0.2, -0.15) is 0 Å². The van der Waals surface area contributed by atoms with Crippen LogP contribution < -0.4 is 14.7 Å². The number of anilines is 2. The molecule has 3 aromatic carbocycles. The Morgan fingerprint density at radius 1 is 0.943 bits per heavy atom. The molecule has 9 nitrogen and oxygen atoms in total. The van der Waals surface area contributed by atoms with Crippen molar-refractivity contribution in [1.29, 1.82) is 0 Å². The van der Waals surface area contributed by atoms with Crippen LogP contribution in [-0.4, -0.2) is 29.4 Å². The number of rotatable bonds is 7. The van der Waals surface area contributed by atoms with Crippen LogP contribution in [0.25, 0.3) is 0 Å². The number of benzene rings is 3. The highest BCUT2D eigenvalue weighted by Crippen LogP contribution is 2.48. The summed E-state index contributed by atoms with van der Waals surface area (Å²) in [5.74, 6) is -1.02. The maximum absolute atomic E-state index is 13.6. The first-order valence-corrected chi connectivity index (χ1v) is 11.4. The maximum atomic E-state index is 13.6. The van der Waals surface area contributed by atoms with E-state index in [0.717, 1.165) is 16.9 Å². The standard InChI is InChI=1S/C26H23N3O6/c1-2-15-34-21-13-11-18(12-14-21)27-25(30)22-23(17-7-4-3-5-8-17)28(35-24(22)26(27)31)19-9-6-10-20(16-19)29(32)33/h3-14,16,22-24H,2,15H2,1H3/t22-,23-,24-/m0/s1. The molecule has 2 saturated heterocycles. The summed E-state index contributed by atoms with van der Waals surface area (Å²) >= 11 is 0. The van der Waals surface area contributed by atoms with E-state index in [1.165, 1.54) is 17.2 Å². The SMILES string of the molecule is CCCOc1ccc(N2C(=O)[C@@H]3[C@H](ON(c4cccc([N+](=O)[O-])c4)[C@H]3c3ccccc3)C2=O)cc1. The largest absolute Gasteiger partial charge is 0.494 e. The third-order valence-electron chi connectivity index (χ3n) is 6.12. The van der Waals surface area contributed by atoms with E-state index in [1.807, 2.05) is 37.3 Å². The Morgan fingerprint density at radius 2 is 1.69 bits per heavy atom. The van der Waals surface area contributed by atoms with Crippen LogP contribution >= 0.6 is 0 Å². The lowest BCUT2D eigenvalue weighted by molar-refractivity contribution is -0.384. The molecule has 0 saturated carbocycles. The summed E-state index contributed by atoms with van der Waals surface area (Å²) in [7, 11) is 0. The number of imide groups is 1. The topological polar surface area (TPSA) is 102 Å². The Kier molecular flexibility index (Phi) is 5.92. The highest BCUT2D eigenvalue weighted by Gasteiger charge is 2.60. The van der Waals surface area contributed by atoms with E-state index in [2.05, 4.69) is 0 Å². The summed E-state index contributed by atoms with van der Waals surface area (Å²) in [6.07, 6.45) is -0.184. The quantitative estimate of drug-likeness (QED) is 0.284. The molecule has 2 heterocycles. The Hall–Kier alpha value is -4.24. The fourth-order valence-corrected chi connectivity index (χ4v) is 4.54. The molecule has 5 rings (SSSR count). The Morgan fingerprint density at radius 3 is 2.37 bits per heavy atom. The first kappa shape index (κ1) is 22.5. The average Bonchev–Trinajstić information content (AvgIpc) is 3.39. The second-order valence-electron chi connectivity index (χ2n) is 8.36. The number of amides is 2. The van der Waals surface area contributed by atoms with E-state index < -0.39 is 28.9 Å². The predicted molar refractivity (Wildman–Crippen MR) is 128 cm³/mol. The van der Waals surface area contributed by atoms with Gasteiger partial charge < -0.3 is 4.74 Å². The normalized spacial score (nSPS) is 21.3. The molecule has 9 heteroatoms. The zero-order valence-corrected chi connectivity index (χ0v) is 18.9. The number of ether oxygens (including phenoxy) is 1. The molecule has 0 radical (unpaired) electrons. The Balaban J connectivity index is 1.50. The summed E-state index contributed by atoms with van der Waals surface area (Å²) in [4.78, 5) is 45.1. The van der Waals surface area contributed by atoms with Crippen molar-refractivity contribution in [3.8, 4) is 5.75 Å². The highest BCUT2D eigenvalue weighted by molar-refractivity contribution is 6.23. The van der Waals surface area contributed by atoms with Gasteiger partial charge in [-0.1, -0.05) is 43.3 Å². The van der Waals surface area contributed by atoms with Gasteiger partial charge in [0.2, 0.25) is 5.91 Å². The van der Waals surface area contributed by atoms with Gasteiger partial charge in [0.1, 0.15) is 11.7 Å². The van der Waals surface area contributed by atoms with Crippen molar-refractivity contribution >= 4 is 28.9 Å². The van der Waals surface area contributed by atoms with Crippen molar-refractivity contribution in [3.05, 3.63) is 94.5 Å². The lowest BCUT2D eigenvalue weighted by Gasteiger charge is -2.28. The number of nitro groups is 1. The fourth-order valence-electron chi connectivity index (χ4n) is 4.54. The smallest absolute Gasteiger partial charge is 0.271 e. The van der Waals surface area contributed by atoms with Crippen molar-refractivity contribution in [2.75, 3.05) is 16.6 Å². The van der Waals surface area contributed by atoms with Crippen LogP contribution in [0, 0.1) is 16.0 Å². The zero-order valence-electron chi connectivity index (χ0n) is 18.9. The summed E-state index contributed by atoms with van der Waals surface area (Å²) in [5, 5.41) is 12.8. The lowest BCUT2D eigenvalue weighted by atomic mass is 9.90. The number of fused-ring (bicyclic) bond motifs is 1. The van der Waals surface area contributed by atoms with Crippen molar-refractivity contribution in [2.45, 2.75) is 25.5 Å². The number of non-ortho nitro benzene ring substituents is 1. The first-order chi connectivity index (χ1) is 17.0. The molecular weight excluding hydrogens is 450 g/mol. The second-order valence-corrected chi connectivity index (χ2v) is 8.36. The zero-order chi connectivity index (χ0) is 24.5. The molecule has 2 aliphatic rings. The molecule has 0 N–H and O–H groups in total. The fraction of sp³-hybridized carbons (Fsp3) is 0.231. The number of carbonyl (C=O) groups is 2. The van der Waals surface area contributed by atoms with E-state index in [4.69, 9.17) is 9.57 Å². The van der Waals surface area contributed by atoms with Crippen molar-refractivity contribution in [2.24, 2.45) is 5.92 Å². The van der Waals surface area contributed by atoms with E-state index in [0.29, 0.717) is 23.7 Å². The van der Waals surface area contributed by atoms with Crippen molar-refractivity contribution in [3.63, 3.8) is 0 Å². The van der Waals surface area contributed by atoms with E-state index in [1.54, 1.807) is 36.4 Å². The first-order valence-electron chi connectivity index (χ1n) is 11.4. The summed E-state index contributed by atoms with van der Waals surface area (Å²) < 4.78 is 5.60. The van der Waals surface area contributed by atoms with Gasteiger partial charge in [0.05, 0.1) is 28.9 Å². The van der Waals surface area contributed by atoms with Gasteiger partial charge >= 0.3 is 0 Å². The Labute approximate surface area is 201 Å².